The molecule has 1 rings (SSSR count). The van der Waals surface area contributed by atoms with Gasteiger partial charge in [0, 0.05) is 25.1 Å². The highest BCUT2D eigenvalue weighted by molar-refractivity contribution is 5.81. The second kappa shape index (κ2) is 6.04. The average molecular weight is 280 g/mol. The van der Waals surface area contributed by atoms with E-state index in [0.717, 1.165) is 5.56 Å². The molecule has 0 unspecified atom stereocenters. The first-order valence-corrected chi connectivity index (χ1v) is 6.48. The fourth-order valence-corrected chi connectivity index (χ4v) is 1.72. The molecular weight excluding hydrogens is 256 g/mol. The Morgan fingerprint density at radius 1 is 1.35 bits per heavy atom. The predicted molar refractivity (Wildman–Crippen MR) is 80.6 cm³/mol. The van der Waals surface area contributed by atoms with Crippen molar-refractivity contribution in [3.05, 3.63) is 11.4 Å². The molecule has 1 aromatic rings. The van der Waals surface area contributed by atoms with Crippen molar-refractivity contribution in [1.82, 2.24) is 15.3 Å². The lowest BCUT2D eigenvalue weighted by atomic mass is 9.95. The van der Waals surface area contributed by atoms with E-state index in [-0.39, 0.29) is 17.9 Å². The summed E-state index contributed by atoms with van der Waals surface area (Å²) >= 11 is 0. The zero-order valence-corrected chi connectivity index (χ0v) is 13.0. The molecule has 0 aliphatic rings. The number of aromatic nitrogens is 2. The Kier molecular flexibility index (Phi) is 4.88. The lowest BCUT2D eigenvalue weighted by molar-refractivity contribution is -0.119. The van der Waals surface area contributed by atoms with Gasteiger partial charge in [-0.3, -0.25) is 4.79 Å². The molecule has 4 N–H and O–H groups in total. The van der Waals surface area contributed by atoms with Crippen LogP contribution in [0.15, 0.2) is 0 Å². The lowest BCUT2D eigenvalue weighted by Gasteiger charge is -2.24. The van der Waals surface area contributed by atoms with Crippen molar-refractivity contribution < 1.29 is 4.79 Å². The van der Waals surface area contributed by atoms with Crippen LogP contribution in [0.2, 0.25) is 0 Å². The summed E-state index contributed by atoms with van der Waals surface area (Å²) < 4.78 is 0. The summed E-state index contributed by atoms with van der Waals surface area (Å²) in [5.41, 5.74) is 3.20. The zero-order chi connectivity index (χ0) is 15.5. The van der Waals surface area contributed by atoms with E-state index in [1.165, 1.54) is 0 Å². The van der Waals surface area contributed by atoms with Gasteiger partial charge in [-0.1, -0.05) is 20.8 Å². The van der Waals surface area contributed by atoms with E-state index in [9.17, 15) is 4.79 Å². The van der Waals surface area contributed by atoms with Crippen LogP contribution in [0.25, 0.3) is 0 Å². The van der Waals surface area contributed by atoms with Crippen LogP contribution in [0.4, 0.5) is 11.6 Å². The molecule has 7 nitrogen and oxygen atoms in total. The second-order valence-electron chi connectivity index (χ2n) is 5.77. The first kappa shape index (κ1) is 16.2. The van der Waals surface area contributed by atoms with E-state index in [1.807, 2.05) is 34.7 Å². The number of rotatable bonds is 4. The molecule has 7 heteroatoms. The molecule has 0 bridgehead atoms. The van der Waals surface area contributed by atoms with Crippen molar-refractivity contribution in [3.63, 3.8) is 0 Å². The smallest absolute Gasteiger partial charge is 0.239 e. The van der Waals surface area contributed by atoms with E-state index in [0.29, 0.717) is 17.5 Å². The van der Waals surface area contributed by atoms with Crippen molar-refractivity contribution in [1.29, 1.82) is 0 Å². The van der Waals surface area contributed by atoms with Gasteiger partial charge in [-0.15, -0.1) is 0 Å². The Morgan fingerprint density at radius 2 is 1.95 bits per heavy atom. The zero-order valence-electron chi connectivity index (χ0n) is 13.0. The summed E-state index contributed by atoms with van der Waals surface area (Å²) in [5.74, 6) is 7.39. The van der Waals surface area contributed by atoms with Gasteiger partial charge >= 0.3 is 0 Å². The highest BCUT2D eigenvalue weighted by atomic mass is 16.1. The topological polar surface area (TPSA) is 96.2 Å². The Balaban J connectivity index is 3.27. The first-order chi connectivity index (χ1) is 9.20. The standard InChI is InChI=1S/C13H24N6O/c1-8-10(18-14)16-12(13(2,3)4)17-11(8)19(6)7-9(20)15-5/h7,14H2,1-6H3,(H,15,20)(H,16,17,18). The van der Waals surface area contributed by atoms with Gasteiger partial charge in [0.2, 0.25) is 5.91 Å². The Morgan fingerprint density at radius 3 is 2.40 bits per heavy atom. The fourth-order valence-electron chi connectivity index (χ4n) is 1.72. The quantitative estimate of drug-likeness (QED) is 0.550. The second-order valence-corrected chi connectivity index (χ2v) is 5.77. The van der Waals surface area contributed by atoms with Gasteiger partial charge in [0.25, 0.3) is 0 Å². The molecule has 20 heavy (non-hydrogen) atoms. The number of hydrogen-bond donors (Lipinski definition) is 3. The molecule has 0 aliphatic carbocycles. The summed E-state index contributed by atoms with van der Waals surface area (Å²) in [5, 5.41) is 2.59. The summed E-state index contributed by atoms with van der Waals surface area (Å²) in [7, 11) is 3.42. The maximum absolute atomic E-state index is 11.5. The molecule has 0 aromatic carbocycles. The molecule has 0 saturated carbocycles. The number of nitrogens with zero attached hydrogens (tertiary/aromatic N) is 3. The van der Waals surface area contributed by atoms with Crippen LogP contribution in [-0.2, 0) is 10.2 Å². The Labute approximate surface area is 119 Å². The van der Waals surface area contributed by atoms with Gasteiger partial charge in [0.05, 0.1) is 6.54 Å². The van der Waals surface area contributed by atoms with Gasteiger partial charge in [-0.2, -0.15) is 0 Å². The van der Waals surface area contributed by atoms with Crippen LogP contribution in [0, 0.1) is 6.92 Å². The minimum absolute atomic E-state index is 0.0786. The third kappa shape index (κ3) is 3.57. The third-order valence-corrected chi connectivity index (χ3v) is 2.95. The first-order valence-electron chi connectivity index (χ1n) is 6.48. The van der Waals surface area contributed by atoms with E-state index >= 15 is 0 Å². The summed E-state index contributed by atoms with van der Waals surface area (Å²) in [6, 6.07) is 0. The third-order valence-electron chi connectivity index (χ3n) is 2.95. The minimum Gasteiger partial charge on any atom is -0.358 e. The van der Waals surface area contributed by atoms with E-state index in [2.05, 4.69) is 20.7 Å². The molecule has 0 fully saturated rings. The number of nitrogens with one attached hydrogen (secondary N) is 2. The molecule has 0 aliphatic heterocycles. The van der Waals surface area contributed by atoms with Gasteiger partial charge in [-0.05, 0) is 6.92 Å². The van der Waals surface area contributed by atoms with Crippen LogP contribution >= 0.6 is 0 Å². The molecule has 1 heterocycles. The van der Waals surface area contributed by atoms with Gasteiger partial charge in [-0.25, -0.2) is 15.8 Å². The molecular formula is C13H24N6O. The number of carbonyl (C=O) groups excluding carboxylic acids is 1. The summed E-state index contributed by atoms with van der Waals surface area (Å²) in [6.45, 7) is 8.18. The maximum atomic E-state index is 11.5. The number of amides is 1. The van der Waals surface area contributed by atoms with Gasteiger partial charge in [0.1, 0.15) is 17.5 Å². The molecule has 0 spiro atoms. The molecule has 1 aromatic heterocycles. The van der Waals surface area contributed by atoms with E-state index in [4.69, 9.17) is 5.84 Å². The monoisotopic (exact) mass is 280 g/mol. The number of anilines is 2. The number of hydrazine groups is 1. The minimum atomic E-state index is -0.206. The Hall–Kier alpha value is -1.89. The normalized spacial score (nSPS) is 11.2. The van der Waals surface area contributed by atoms with Crippen LogP contribution in [-0.4, -0.2) is 36.5 Å². The van der Waals surface area contributed by atoms with Crippen LogP contribution in [0.3, 0.4) is 0 Å². The fraction of sp³-hybridized carbons (Fsp3) is 0.615. The highest BCUT2D eigenvalue weighted by Gasteiger charge is 2.22. The van der Waals surface area contributed by atoms with Crippen LogP contribution < -0.4 is 21.5 Å². The largest absolute Gasteiger partial charge is 0.358 e. The lowest BCUT2D eigenvalue weighted by Crippen LogP contribution is -2.34. The predicted octanol–water partition coefficient (Wildman–Crippen LogP) is 0.550. The number of likely N-dealkylation sites (N-methyl/N-ethyl adjacent to an activating group) is 2. The summed E-state index contributed by atoms with van der Waals surface area (Å²) in [6.07, 6.45) is 0. The van der Waals surface area contributed by atoms with E-state index in [1.54, 1.807) is 11.9 Å². The number of nitrogen functional groups attached to an aromatic ring is 1. The molecule has 0 saturated heterocycles. The number of carbonyl (C=O) groups is 1. The van der Waals surface area contributed by atoms with Crippen molar-refractivity contribution in [2.45, 2.75) is 33.1 Å². The molecule has 0 radical (unpaired) electrons. The van der Waals surface area contributed by atoms with Gasteiger partial charge < -0.3 is 15.6 Å². The van der Waals surface area contributed by atoms with Crippen LogP contribution in [0.1, 0.15) is 32.2 Å². The van der Waals surface area contributed by atoms with Crippen LogP contribution in [0.5, 0.6) is 0 Å². The SMILES string of the molecule is CNC(=O)CN(C)c1nc(C(C)(C)C)nc(NN)c1C. The van der Waals surface area contributed by atoms with Crippen molar-refractivity contribution in [2.75, 3.05) is 31.0 Å². The summed E-state index contributed by atoms with van der Waals surface area (Å²) in [4.78, 5) is 22.3. The van der Waals surface area contributed by atoms with Crippen molar-refractivity contribution in [2.24, 2.45) is 5.84 Å². The van der Waals surface area contributed by atoms with E-state index < -0.39 is 0 Å². The molecule has 0 atom stereocenters. The van der Waals surface area contributed by atoms with Crippen molar-refractivity contribution in [3.8, 4) is 0 Å². The Bertz CT molecular complexity index is 494. The average Bonchev–Trinajstić information content (AvgIpc) is 2.37. The number of hydrogen-bond acceptors (Lipinski definition) is 6. The van der Waals surface area contributed by atoms with Crippen molar-refractivity contribution >= 4 is 17.5 Å². The molecule has 112 valence electrons. The molecule has 1 amide bonds. The maximum Gasteiger partial charge on any atom is 0.239 e. The van der Waals surface area contributed by atoms with Gasteiger partial charge in [0.15, 0.2) is 0 Å². The highest BCUT2D eigenvalue weighted by Crippen LogP contribution is 2.27. The number of nitrogens with two attached hydrogens (primary N) is 1.